The molecular formula is C52H36N2. The number of benzene rings is 9. The Morgan fingerprint density at radius 1 is 0.370 bits per heavy atom. The van der Waals surface area contributed by atoms with E-state index < -0.39 is 6.04 Å². The Balaban J connectivity index is 1.07. The summed E-state index contributed by atoms with van der Waals surface area (Å²) in [5.74, 6) is 0. The highest BCUT2D eigenvalue weighted by atomic mass is 15.1. The van der Waals surface area contributed by atoms with Crippen LogP contribution in [0.1, 0.15) is 6.85 Å². The second-order valence-electron chi connectivity index (χ2n) is 13.4. The Kier molecular flexibility index (Phi) is 6.61. The molecule has 0 aliphatic heterocycles. The zero-order chi connectivity index (χ0) is 40.2. The van der Waals surface area contributed by atoms with Crippen molar-refractivity contribution in [2.45, 2.75) is 0 Å². The molecule has 0 atom stereocenters. The Labute approximate surface area is 322 Å². The number of hydrogen-bond donors (Lipinski definition) is 0. The van der Waals surface area contributed by atoms with Crippen LogP contribution in [0.3, 0.4) is 0 Å². The van der Waals surface area contributed by atoms with Crippen molar-refractivity contribution in [1.82, 2.24) is 4.57 Å². The normalized spacial score (nSPS) is 12.6. The monoisotopic (exact) mass is 693 g/mol. The minimum absolute atomic E-state index is 0.181. The lowest BCUT2D eigenvalue weighted by molar-refractivity contribution is 1.18. The van der Waals surface area contributed by atoms with Gasteiger partial charge < -0.3 is 9.47 Å². The minimum Gasteiger partial charge on any atom is -0.311 e. The molecule has 54 heavy (non-hydrogen) atoms. The van der Waals surface area contributed by atoms with Crippen LogP contribution in [0.15, 0.2) is 218 Å². The average Bonchev–Trinajstić information content (AvgIpc) is 3.63. The molecule has 2 nitrogen and oxygen atoms in total. The van der Waals surface area contributed by atoms with Gasteiger partial charge in [0, 0.05) is 33.4 Å². The van der Waals surface area contributed by atoms with Gasteiger partial charge in [-0.15, -0.1) is 0 Å². The van der Waals surface area contributed by atoms with Crippen molar-refractivity contribution in [2.75, 3.05) is 4.90 Å². The third-order valence-corrected chi connectivity index (χ3v) is 10.3. The molecular weight excluding hydrogens is 653 g/mol. The summed E-state index contributed by atoms with van der Waals surface area (Å²) in [6.45, 7) is 0. The Bertz CT molecular complexity index is 3120. The van der Waals surface area contributed by atoms with E-state index in [1.165, 1.54) is 21.5 Å². The topological polar surface area (TPSA) is 8.17 Å². The molecule has 0 spiro atoms. The van der Waals surface area contributed by atoms with Crippen molar-refractivity contribution in [2.24, 2.45) is 0 Å². The molecule has 10 aromatic rings. The summed E-state index contributed by atoms with van der Waals surface area (Å²) >= 11 is 0. The molecule has 10 rings (SSSR count). The lowest BCUT2D eigenvalue weighted by atomic mass is 10.0. The lowest BCUT2D eigenvalue weighted by Crippen LogP contribution is -2.09. The molecule has 0 aliphatic rings. The van der Waals surface area contributed by atoms with Crippen LogP contribution < -0.4 is 4.90 Å². The van der Waals surface area contributed by atoms with Crippen molar-refractivity contribution in [3.63, 3.8) is 0 Å². The van der Waals surface area contributed by atoms with Crippen LogP contribution in [-0.2, 0) is 0 Å². The molecule has 254 valence electrons. The van der Waals surface area contributed by atoms with Gasteiger partial charge in [0.1, 0.15) is 0 Å². The maximum Gasteiger partial charge on any atom is 0.0629 e. The molecule has 9 aromatic carbocycles. The third kappa shape index (κ3) is 5.62. The van der Waals surface area contributed by atoms with Crippen molar-refractivity contribution >= 4 is 49.6 Å². The van der Waals surface area contributed by atoms with Gasteiger partial charge >= 0.3 is 0 Å². The zero-order valence-electron chi connectivity index (χ0n) is 34.3. The molecule has 0 saturated heterocycles. The first-order valence-corrected chi connectivity index (χ1v) is 18.1. The van der Waals surface area contributed by atoms with Gasteiger partial charge in [-0.1, -0.05) is 158 Å². The van der Waals surface area contributed by atoms with E-state index in [2.05, 4.69) is 173 Å². The van der Waals surface area contributed by atoms with E-state index in [1.54, 1.807) is 0 Å². The number of nitrogens with zero attached hydrogens (tertiary/aromatic N) is 2. The maximum absolute atomic E-state index is 8.56. The van der Waals surface area contributed by atoms with E-state index in [0.29, 0.717) is 5.56 Å². The summed E-state index contributed by atoms with van der Waals surface area (Å²) in [6.07, 6.45) is 0. The number of rotatable bonds is 7. The lowest BCUT2D eigenvalue weighted by Gasteiger charge is -2.26. The van der Waals surface area contributed by atoms with Crippen molar-refractivity contribution in [1.29, 1.82) is 0 Å². The van der Waals surface area contributed by atoms with E-state index in [-0.39, 0.29) is 29.7 Å². The molecule has 1 heterocycles. The molecule has 1 aromatic heterocycles. The molecule has 0 amide bonds. The van der Waals surface area contributed by atoms with E-state index in [1.807, 2.05) is 24.3 Å². The number of aromatic nitrogens is 1. The first-order chi connectivity index (χ1) is 28.9. The fourth-order valence-electron chi connectivity index (χ4n) is 7.68. The van der Waals surface area contributed by atoms with Crippen molar-refractivity contribution < 1.29 is 6.85 Å². The number of hydrogen-bond acceptors (Lipinski definition) is 1. The number of anilines is 3. The molecule has 0 bridgehead atoms. The SMILES string of the molecule is [2H]c1c([2H])c([2H])c(-c2ccc(N(c3ccc(-c4ccc5ccccc5c4)cc3)c3ccc(-c4ccccc4-n4c5ccccc5c5ccccc54)cc3)cc2)c([2H])c1[2H]. The van der Waals surface area contributed by atoms with Gasteiger partial charge in [0.2, 0.25) is 0 Å². The number of para-hydroxylation sites is 3. The third-order valence-electron chi connectivity index (χ3n) is 10.3. The summed E-state index contributed by atoms with van der Waals surface area (Å²) in [6, 6.07) is 63.7. The van der Waals surface area contributed by atoms with E-state index >= 15 is 0 Å². The van der Waals surface area contributed by atoms with E-state index in [4.69, 9.17) is 6.85 Å². The Morgan fingerprint density at radius 3 is 1.48 bits per heavy atom. The van der Waals surface area contributed by atoms with E-state index in [9.17, 15) is 0 Å². The van der Waals surface area contributed by atoms with Gasteiger partial charge in [0.15, 0.2) is 0 Å². The van der Waals surface area contributed by atoms with Crippen LogP contribution in [-0.4, -0.2) is 4.57 Å². The summed E-state index contributed by atoms with van der Waals surface area (Å²) < 4.78 is 44.0. The fourth-order valence-corrected chi connectivity index (χ4v) is 7.68. The quantitative estimate of drug-likeness (QED) is 0.161. The highest BCUT2D eigenvalue weighted by Crippen LogP contribution is 2.40. The Hall–Kier alpha value is -7.16. The molecule has 0 saturated carbocycles. The smallest absolute Gasteiger partial charge is 0.0629 e. The first kappa shape index (κ1) is 26.6. The van der Waals surface area contributed by atoms with Crippen LogP contribution in [0.25, 0.3) is 71.6 Å². The number of fused-ring (bicyclic) bond motifs is 4. The van der Waals surface area contributed by atoms with Crippen molar-refractivity contribution in [3.8, 4) is 39.1 Å². The van der Waals surface area contributed by atoms with Gasteiger partial charge in [-0.25, -0.2) is 0 Å². The minimum atomic E-state index is -0.403. The fraction of sp³-hybridized carbons (Fsp3) is 0. The molecule has 0 fully saturated rings. The summed E-state index contributed by atoms with van der Waals surface area (Å²) in [4.78, 5) is 2.18. The van der Waals surface area contributed by atoms with Gasteiger partial charge in [0.25, 0.3) is 0 Å². The summed E-state index contributed by atoms with van der Waals surface area (Å²) in [7, 11) is 0. The van der Waals surface area contributed by atoms with Gasteiger partial charge in [0.05, 0.1) is 23.6 Å². The highest BCUT2D eigenvalue weighted by molar-refractivity contribution is 6.09. The summed E-state index contributed by atoms with van der Waals surface area (Å²) in [5, 5.41) is 4.82. The van der Waals surface area contributed by atoms with Gasteiger partial charge in [-0.3, -0.25) is 0 Å². The standard InChI is InChI=1S/C52H36N2/c1-2-12-37(13-3-1)39-24-30-44(31-25-39)53(45-32-26-40(27-33-45)43-23-22-38-14-4-5-15-42(38)36-43)46-34-28-41(29-35-46)47-16-6-9-19-50(47)54-51-20-10-7-17-48(51)49-18-8-11-21-52(49)54/h1-36H/i1D,2D,3D,12D,13D. The zero-order valence-corrected chi connectivity index (χ0v) is 29.3. The van der Waals surface area contributed by atoms with Crippen LogP contribution in [0.5, 0.6) is 0 Å². The maximum atomic E-state index is 8.56. The van der Waals surface area contributed by atoms with E-state index in [0.717, 1.165) is 56.0 Å². The van der Waals surface area contributed by atoms with Gasteiger partial charge in [-0.2, -0.15) is 0 Å². The predicted molar refractivity (Wildman–Crippen MR) is 229 cm³/mol. The van der Waals surface area contributed by atoms with Crippen LogP contribution >= 0.6 is 0 Å². The van der Waals surface area contributed by atoms with Gasteiger partial charge in [-0.05, 0) is 99.3 Å². The molecule has 0 radical (unpaired) electrons. The van der Waals surface area contributed by atoms with Crippen molar-refractivity contribution in [3.05, 3.63) is 218 Å². The Morgan fingerprint density at radius 2 is 0.852 bits per heavy atom. The average molecular weight is 694 g/mol. The largest absolute Gasteiger partial charge is 0.311 e. The second-order valence-corrected chi connectivity index (χ2v) is 13.4. The first-order valence-electron chi connectivity index (χ1n) is 20.6. The molecule has 0 unspecified atom stereocenters. The van der Waals surface area contributed by atoms with Crippen LogP contribution in [0, 0.1) is 0 Å². The second kappa shape index (κ2) is 13.4. The van der Waals surface area contributed by atoms with Crippen LogP contribution in [0.2, 0.25) is 0 Å². The molecule has 0 N–H and O–H groups in total. The molecule has 2 heteroatoms. The molecule has 0 aliphatic carbocycles. The van der Waals surface area contributed by atoms with Crippen LogP contribution in [0.4, 0.5) is 17.1 Å². The highest BCUT2D eigenvalue weighted by Gasteiger charge is 2.17. The predicted octanol–water partition coefficient (Wildman–Crippen LogP) is 14.4. The summed E-state index contributed by atoms with van der Waals surface area (Å²) in [5.41, 5.74) is 11.3.